The SMILES string of the molecule is COCCCN1COc2c(cc3c(c2C)O/C(=C\c2ccccc2OC)C3=O)C1. The Morgan fingerprint density at radius 2 is 2.03 bits per heavy atom. The lowest BCUT2D eigenvalue weighted by Crippen LogP contribution is -2.33. The number of fused-ring (bicyclic) bond motifs is 2. The average Bonchev–Trinajstić information content (AvgIpc) is 3.04. The number of allylic oxidation sites excluding steroid dienone is 1. The van der Waals surface area contributed by atoms with Crippen LogP contribution in [-0.2, 0) is 11.3 Å². The van der Waals surface area contributed by atoms with Gasteiger partial charge in [0.1, 0.15) is 24.0 Å². The largest absolute Gasteiger partial charge is 0.496 e. The normalized spacial score (nSPS) is 16.9. The van der Waals surface area contributed by atoms with Crippen molar-refractivity contribution in [2.45, 2.75) is 19.9 Å². The molecule has 0 bridgehead atoms. The van der Waals surface area contributed by atoms with Gasteiger partial charge in [0.05, 0.1) is 12.7 Å². The standard InChI is InChI=1S/C23H25NO5/c1-15-22-17(13-24(14-28-22)9-6-10-26-2)11-18-21(25)20(29-23(15)18)12-16-7-4-5-8-19(16)27-3/h4-5,7-8,11-12H,6,9-10,13-14H2,1-3H3/b20-12-. The highest BCUT2D eigenvalue weighted by atomic mass is 16.5. The van der Waals surface area contributed by atoms with Crippen LogP contribution in [0.1, 0.15) is 33.5 Å². The minimum Gasteiger partial charge on any atom is -0.496 e. The summed E-state index contributed by atoms with van der Waals surface area (Å²) in [5.74, 6) is 2.28. The van der Waals surface area contributed by atoms with Crippen LogP contribution in [0.4, 0.5) is 0 Å². The summed E-state index contributed by atoms with van der Waals surface area (Å²) in [5, 5.41) is 0. The van der Waals surface area contributed by atoms with E-state index in [-0.39, 0.29) is 5.78 Å². The number of para-hydroxylation sites is 1. The van der Waals surface area contributed by atoms with Gasteiger partial charge in [-0.25, -0.2) is 0 Å². The van der Waals surface area contributed by atoms with E-state index >= 15 is 0 Å². The van der Waals surface area contributed by atoms with Crippen molar-refractivity contribution in [1.29, 1.82) is 0 Å². The number of ketones is 1. The Labute approximate surface area is 170 Å². The van der Waals surface area contributed by atoms with Crippen LogP contribution in [-0.4, -0.2) is 44.8 Å². The van der Waals surface area contributed by atoms with Gasteiger partial charge in [-0.15, -0.1) is 0 Å². The van der Waals surface area contributed by atoms with E-state index in [9.17, 15) is 4.79 Å². The molecule has 4 rings (SSSR count). The van der Waals surface area contributed by atoms with E-state index in [0.717, 1.165) is 48.6 Å². The van der Waals surface area contributed by atoms with E-state index < -0.39 is 0 Å². The first-order valence-corrected chi connectivity index (χ1v) is 9.70. The van der Waals surface area contributed by atoms with E-state index in [0.29, 0.717) is 29.6 Å². The molecule has 0 radical (unpaired) electrons. The van der Waals surface area contributed by atoms with Crippen LogP contribution in [0.25, 0.3) is 6.08 Å². The van der Waals surface area contributed by atoms with Gasteiger partial charge in [-0.05, 0) is 31.6 Å². The molecule has 2 aromatic carbocycles. The molecule has 2 aliphatic rings. The molecule has 2 aromatic rings. The molecule has 0 N–H and O–H groups in total. The van der Waals surface area contributed by atoms with Crippen LogP contribution in [0.3, 0.4) is 0 Å². The second-order valence-corrected chi connectivity index (χ2v) is 7.22. The summed E-state index contributed by atoms with van der Waals surface area (Å²) >= 11 is 0. The second kappa shape index (κ2) is 8.27. The van der Waals surface area contributed by atoms with Crippen molar-refractivity contribution in [3.8, 4) is 17.2 Å². The topological polar surface area (TPSA) is 57.2 Å². The van der Waals surface area contributed by atoms with Crippen LogP contribution >= 0.6 is 0 Å². The van der Waals surface area contributed by atoms with Crippen LogP contribution < -0.4 is 14.2 Å². The van der Waals surface area contributed by atoms with Crippen molar-refractivity contribution >= 4 is 11.9 Å². The molecule has 0 amide bonds. The van der Waals surface area contributed by atoms with Crippen LogP contribution in [0, 0.1) is 6.92 Å². The summed E-state index contributed by atoms with van der Waals surface area (Å²) in [6, 6.07) is 9.45. The predicted molar refractivity (Wildman–Crippen MR) is 110 cm³/mol. The third-order valence-electron chi connectivity index (χ3n) is 5.25. The summed E-state index contributed by atoms with van der Waals surface area (Å²) in [7, 11) is 3.31. The maximum atomic E-state index is 13.0. The van der Waals surface area contributed by atoms with Crippen molar-refractivity contribution in [1.82, 2.24) is 4.90 Å². The van der Waals surface area contributed by atoms with Gasteiger partial charge < -0.3 is 18.9 Å². The van der Waals surface area contributed by atoms with Crippen molar-refractivity contribution in [2.24, 2.45) is 0 Å². The van der Waals surface area contributed by atoms with Gasteiger partial charge >= 0.3 is 0 Å². The third-order valence-corrected chi connectivity index (χ3v) is 5.25. The fourth-order valence-electron chi connectivity index (χ4n) is 3.80. The summed E-state index contributed by atoms with van der Waals surface area (Å²) in [5.41, 5.74) is 3.27. The molecule has 29 heavy (non-hydrogen) atoms. The van der Waals surface area contributed by atoms with E-state index in [1.54, 1.807) is 20.3 Å². The average molecular weight is 395 g/mol. The van der Waals surface area contributed by atoms with Gasteiger partial charge in [-0.1, -0.05) is 18.2 Å². The molecule has 6 nitrogen and oxygen atoms in total. The smallest absolute Gasteiger partial charge is 0.231 e. The van der Waals surface area contributed by atoms with Crippen molar-refractivity contribution < 1.29 is 23.7 Å². The molecule has 0 saturated heterocycles. The molecule has 0 aromatic heterocycles. The van der Waals surface area contributed by atoms with Crippen molar-refractivity contribution in [3.63, 3.8) is 0 Å². The molecule has 0 fully saturated rings. The molecule has 6 heteroatoms. The minimum absolute atomic E-state index is 0.117. The van der Waals surface area contributed by atoms with Gasteiger partial charge in [-0.3, -0.25) is 9.69 Å². The van der Waals surface area contributed by atoms with Gasteiger partial charge in [-0.2, -0.15) is 0 Å². The Morgan fingerprint density at radius 1 is 1.21 bits per heavy atom. The Morgan fingerprint density at radius 3 is 2.83 bits per heavy atom. The van der Waals surface area contributed by atoms with E-state index in [2.05, 4.69) is 4.90 Å². The third kappa shape index (κ3) is 3.73. The highest BCUT2D eigenvalue weighted by molar-refractivity contribution is 6.15. The second-order valence-electron chi connectivity index (χ2n) is 7.22. The number of rotatable bonds is 6. The fraction of sp³-hybridized carbons (Fsp3) is 0.348. The number of carbonyl (C=O) groups is 1. The number of Topliss-reactive ketones (excluding diaryl/α,β-unsaturated/α-hetero) is 1. The zero-order chi connectivity index (χ0) is 20.4. The quantitative estimate of drug-likeness (QED) is 0.548. The first-order chi connectivity index (χ1) is 14.1. The van der Waals surface area contributed by atoms with E-state index in [1.165, 1.54) is 0 Å². The molecular formula is C23H25NO5. The molecule has 0 atom stereocenters. The van der Waals surface area contributed by atoms with Crippen molar-refractivity contribution in [2.75, 3.05) is 34.1 Å². The van der Waals surface area contributed by atoms with E-state index in [1.807, 2.05) is 37.3 Å². The summed E-state index contributed by atoms with van der Waals surface area (Å²) in [6.45, 7) is 4.81. The fourth-order valence-corrected chi connectivity index (χ4v) is 3.80. The van der Waals surface area contributed by atoms with Crippen LogP contribution in [0.15, 0.2) is 36.1 Å². The zero-order valence-electron chi connectivity index (χ0n) is 17.0. The van der Waals surface area contributed by atoms with Crippen molar-refractivity contribution in [3.05, 3.63) is 58.3 Å². The lowest BCUT2D eigenvalue weighted by molar-refractivity contribution is 0.0826. The molecule has 0 spiro atoms. The number of benzene rings is 2. The summed E-state index contributed by atoms with van der Waals surface area (Å²) in [4.78, 5) is 15.2. The first kappa shape index (κ1) is 19.5. The molecule has 2 heterocycles. The highest BCUT2D eigenvalue weighted by Gasteiger charge is 2.33. The summed E-state index contributed by atoms with van der Waals surface area (Å²) < 4.78 is 22.5. The minimum atomic E-state index is -0.117. The molecule has 0 aliphatic carbocycles. The first-order valence-electron chi connectivity index (χ1n) is 9.70. The monoisotopic (exact) mass is 395 g/mol. The lowest BCUT2D eigenvalue weighted by atomic mass is 10.00. The Bertz CT molecular complexity index is 966. The van der Waals surface area contributed by atoms with E-state index in [4.69, 9.17) is 18.9 Å². The van der Waals surface area contributed by atoms with Gasteiger partial charge in [0.25, 0.3) is 0 Å². The van der Waals surface area contributed by atoms with Gasteiger partial charge in [0, 0.05) is 43.5 Å². The lowest BCUT2D eigenvalue weighted by Gasteiger charge is -2.30. The number of carbonyl (C=O) groups excluding carboxylic acids is 1. The maximum absolute atomic E-state index is 13.0. The number of hydrogen-bond acceptors (Lipinski definition) is 6. The number of ether oxygens (including phenoxy) is 4. The summed E-state index contributed by atoms with van der Waals surface area (Å²) in [6.07, 6.45) is 2.67. The molecule has 0 unspecified atom stereocenters. The number of hydrogen-bond donors (Lipinski definition) is 0. The molecule has 152 valence electrons. The van der Waals surface area contributed by atoms with Gasteiger partial charge in [0.2, 0.25) is 5.78 Å². The molecular weight excluding hydrogens is 370 g/mol. The van der Waals surface area contributed by atoms with Gasteiger partial charge in [0.15, 0.2) is 5.76 Å². The predicted octanol–water partition coefficient (Wildman–Crippen LogP) is 3.81. The Kier molecular flexibility index (Phi) is 5.56. The van der Waals surface area contributed by atoms with Crippen LogP contribution in [0.5, 0.6) is 17.2 Å². The molecule has 0 saturated carbocycles. The molecule has 2 aliphatic heterocycles. The maximum Gasteiger partial charge on any atom is 0.231 e. The zero-order valence-corrected chi connectivity index (χ0v) is 17.0. The Balaban J connectivity index is 1.62. The number of nitrogens with zero attached hydrogens (tertiary/aromatic N) is 1. The highest BCUT2D eigenvalue weighted by Crippen LogP contribution is 2.43. The number of methoxy groups -OCH3 is 2. The Hall–Kier alpha value is -2.83. The van der Waals surface area contributed by atoms with Crippen LogP contribution in [0.2, 0.25) is 0 Å².